The van der Waals surface area contributed by atoms with E-state index >= 15 is 0 Å². The Labute approximate surface area is 91.3 Å². The second kappa shape index (κ2) is 4.06. The van der Waals surface area contributed by atoms with Crippen LogP contribution in [0.2, 0.25) is 0 Å². The molecule has 1 aromatic rings. The molecule has 0 unspecified atom stereocenters. The van der Waals surface area contributed by atoms with E-state index in [1.807, 2.05) is 0 Å². The predicted molar refractivity (Wildman–Crippen MR) is 54.3 cm³/mol. The minimum atomic E-state index is -3.89. The summed E-state index contributed by atoms with van der Waals surface area (Å²) in [4.78, 5) is 0. The van der Waals surface area contributed by atoms with E-state index in [2.05, 4.69) is 0 Å². The maximum atomic E-state index is 13.5. The molecule has 15 heavy (non-hydrogen) atoms. The van der Waals surface area contributed by atoms with Crippen LogP contribution in [-0.2, 0) is 14.8 Å². The van der Waals surface area contributed by atoms with Gasteiger partial charge in [0.05, 0.1) is 5.75 Å². The molecule has 0 heterocycles. The van der Waals surface area contributed by atoms with Crippen LogP contribution in [0, 0.1) is 25.5 Å². The van der Waals surface area contributed by atoms with Gasteiger partial charge in [-0.25, -0.2) is 17.2 Å². The van der Waals surface area contributed by atoms with Gasteiger partial charge in [0.1, 0.15) is 11.6 Å². The first-order chi connectivity index (χ1) is 6.72. The van der Waals surface area contributed by atoms with Crippen LogP contribution in [0.15, 0.2) is 6.07 Å². The number of hydrogen-bond donors (Lipinski definition) is 0. The number of benzene rings is 1. The fourth-order valence-corrected chi connectivity index (χ4v) is 2.27. The van der Waals surface area contributed by atoms with Gasteiger partial charge in [0, 0.05) is 16.2 Å². The standard InChI is InChI=1S/C9H9ClF2O2S/c1-5-3-8(11)6(2)7(9(5)12)4-15(10,13)14/h3H,4H2,1-2H3. The highest BCUT2D eigenvalue weighted by molar-refractivity contribution is 8.13. The van der Waals surface area contributed by atoms with Gasteiger partial charge in [-0.1, -0.05) is 0 Å². The summed E-state index contributed by atoms with van der Waals surface area (Å²) in [6.07, 6.45) is 0. The van der Waals surface area contributed by atoms with Gasteiger partial charge in [-0.05, 0) is 31.0 Å². The van der Waals surface area contributed by atoms with E-state index < -0.39 is 26.4 Å². The van der Waals surface area contributed by atoms with Gasteiger partial charge in [-0.15, -0.1) is 0 Å². The van der Waals surface area contributed by atoms with Crippen molar-refractivity contribution in [3.05, 3.63) is 34.4 Å². The normalized spacial score (nSPS) is 11.8. The van der Waals surface area contributed by atoms with Crippen LogP contribution >= 0.6 is 10.7 Å². The largest absolute Gasteiger partial charge is 0.236 e. The first kappa shape index (κ1) is 12.4. The highest BCUT2D eigenvalue weighted by atomic mass is 35.7. The molecule has 0 aliphatic rings. The highest BCUT2D eigenvalue weighted by Gasteiger charge is 2.18. The van der Waals surface area contributed by atoms with E-state index in [-0.39, 0.29) is 16.7 Å². The van der Waals surface area contributed by atoms with Gasteiger partial charge < -0.3 is 0 Å². The summed E-state index contributed by atoms with van der Waals surface area (Å²) in [6, 6.07) is 1.02. The second-order valence-corrected chi connectivity index (χ2v) is 6.05. The number of hydrogen-bond acceptors (Lipinski definition) is 2. The van der Waals surface area contributed by atoms with E-state index in [1.165, 1.54) is 13.8 Å². The smallest absolute Gasteiger partial charge is 0.212 e. The van der Waals surface area contributed by atoms with Gasteiger partial charge >= 0.3 is 0 Å². The van der Waals surface area contributed by atoms with Crippen LogP contribution in [0.5, 0.6) is 0 Å². The van der Waals surface area contributed by atoms with Crippen molar-refractivity contribution >= 4 is 19.7 Å². The maximum absolute atomic E-state index is 13.5. The Balaban J connectivity index is 3.40. The minimum absolute atomic E-state index is 0.0256. The third kappa shape index (κ3) is 2.89. The van der Waals surface area contributed by atoms with Crippen molar-refractivity contribution in [2.75, 3.05) is 0 Å². The maximum Gasteiger partial charge on any atom is 0.236 e. The molecule has 0 radical (unpaired) electrons. The number of rotatable bonds is 2. The van der Waals surface area contributed by atoms with Crippen molar-refractivity contribution < 1.29 is 17.2 Å². The molecule has 0 aliphatic heterocycles. The van der Waals surface area contributed by atoms with Crippen LogP contribution in [0.4, 0.5) is 8.78 Å². The molecule has 1 rings (SSSR count). The lowest BCUT2D eigenvalue weighted by Gasteiger charge is -2.08. The van der Waals surface area contributed by atoms with E-state index in [9.17, 15) is 17.2 Å². The molecular weight excluding hydrogens is 246 g/mol. The molecule has 0 spiro atoms. The SMILES string of the molecule is Cc1cc(F)c(C)c(CS(=O)(=O)Cl)c1F. The van der Waals surface area contributed by atoms with Gasteiger partial charge in [-0.3, -0.25) is 0 Å². The molecule has 0 saturated heterocycles. The highest BCUT2D eigenvalue weighted by Crippen LogP contribution is 2.23. The van der Waals surface area contributed by atoms with Crippen molar-refractivity contribution in [3.8, 4) is 0 Å². The van der Waals surface area contributed by atoms with Crippen LogP contribution in [0.3, 0.4) is 0 Å². The molecule has 6 heteroatoms. The van der Waals surface area contributed by atoms with Crippen LogP contribution < -0.4 is 0 Å². The van der Waals surface area contributed by atoms with E-state index in [1.54, 1.807) is 0 Å². The number of halogens is 3. The molecule has 0 aromatic heterocycles. The lowest BCUT2D eigenvalue weighted by molar-refractivity contribution is 0.570. The summed E-state index contributed by atoms with van der Waals surface area (Å²) in [5.74, 6) is -2.06. The zero-order valence-electron chi connectivity index (χ0n) is 8.14. The Bertz CT molecular complexity index is 471. The fourth-order valence-electron chi connectivity index (χ4n) is 1.25. The molecule has 84 valence electrons. The number of aryl methyl sites for hydroxylation is 1. The minimum Gasteiger partial charge on any atom is -0.212 e. The molecule has 1 aromatic carbocycles. The Morgan fingerprint density at radius 1 is 1.33 bits per heavy atom. The van der Waals surface area contributed by atoms with E-state index in [0.29, 0.717) is 0 Å². The summed E-state index contributed by atoms with van der Waals surface area (Å²) < 4.78 is 48.3. The quantitative estimate of drug-likeness (QED) is 0.761. The van der Waals surface area contributed by atoms with Crippen molar-refractivity contribution in [1.29, 1.82) is 0 Å². The molecular formula is C9H9ClF2O2S. The average molecular weight is 255 g/mol. The Kier molecular flexibility index (Phi) is 3.35. The predicted octanol–water partition coefficient (Wildman–Crippen LogP) is 2.65. The summed E-state index contributed by atoms with van der Waals surface area (Å²) in [7, 11) is 1.11. The second-order valence-electron chi connectivity index (χ2n) is 3.28. The van der Waals surface area contributed by atoms with Gasteiger partial charge in [0.2, 0.25) is 9.05 Å². The summed E-state index contributed by atoms with van der Waals surface area (Å²) in [5, 5.41) is 0. The third-order valence-corrected chi connectivity index (χ3v) is 3.04. The van der Waals surface area contributed by atoms with E-state index in [0.717, 1.165) is 6.07 Å². The van der Waals surface area contributed by atoms with Gasteiger partial charge in [0.15, 0.2) is 0 Å². The zero-order valence-corrected chi connectivity index (χ0v) is 9.72. The topological polar surface area (TPSA) is 34.1 Å². The third-order valence-electron chi connectivity index (χ3n) is 2.08. The molecule has 0 fully saturated rings. The molecule has 2 nitrogen and oxygen atoms in total. The Hall–Kier alpha value is -0.680. The Morgan fingerprint density at radius 2 is 1.87 bits per heavy atom. The molecule has 0 saturated carbocycles. The molecule has 0 bridgehead atoms. The first-order valence-electron chi connectivity index (χ1n) is 4.09. The lowest BCUT2D eigenvalue weighted by Crippen LogP contribution is -2.05. The van der Waals surface area contributed by atoms with E-state index in [4.69, 9.17) is 10.7 Å². The van der Waals surface area contributed by atoms with Crippen molar-refractivity contribution in [1.82, 2.24) is 0 Å². The molecule has 0 amide bonds. The van der Waals surface area contributed by atoms with Crippen LogP contribution in [0.25, 0.3) is 0 Å². The fraction of sp³-hybridized carbons (Fsp3) is 0.333. The van der Waals surface area contributed by atoms with Crippen molar-refractivity contribution in [2.45, 2.75) is 19.6 Å². The van der Waals surface area contributed by atoms with Crippen molar-refractivity contribution in [2.24, 2.45) is 0 Å². The van der Waals surface area contributed by atoms with Gasteiger partial charge in [0.25, 0.3) is 0 Å². The summed E-state index contributed by atoms with van der Waals surface area (Å²) in [6.45, 7) is 2.68. The molecule has 0 N–H and O–H groups in total. The molecule has 0 aliphatic carbocycles. The average Bonchev–Trinajstić information content (AvgIpc) is 2.08. The monoisotopic (exact) mass is 254 g/mol. The van der Waals surface area contributed by atoms with Crippen LogP contribution in [-0.4, -0.2) is 8.42 Å². The first-order valence-corrected chi connectivity index (χ1v) is 6.56. The van der Waals surface area contributed by atoms with Crippen LogP contribution in [0.1, 0.15) is 16.7 Å². The summed E-state index contributed by atoms with van der Waals surface area (Å²) in [5.41, 5.74) is -0.168. The Morgan fingerprint density at radius 3 is 2.33 bits per heavy atom. The molecule has 0 atom stereocenters. The lowest BCUT2D eigenvalue weighted by atomic mass is 10.1. The zero-order chi connectivity index (χ0) is 11.8. The van der Waals surface area contributed by atoms with Gasteiger partial charge in [-0.2, -0.15) is 0 Å². The van der Waals surface area contributed by atoms with Crippen molar-refractivity contribution in [3.63, 3.8) is 0 Å². The summed E-state index contributed by atoms with van der Waals surface area (Å²) >= 11 is 0.